The average Bonchev–Trinajstić information content (AvgIpc) is 1.56. The fraction of sp³-hybridized carbons (Fsp3) is 0.0508. The molecule has 0 saturated heterocycles. The predicted molar refractivity (Wildman–Crippen MR) is 514 cm³/mol. The van der Waals surface area contributed by atoms with Crippen LogP contribution in [0.1, 0.15) is 49.9 Å². The number of benzene rings is 20. The molecule has 0 atom stereocenters. The molecular weight excluding hydrogens is 1480 g/mol. The Morgan fingerprint density at radius 1 is 0.189 bits per heavy atom. The zero-order valence-corrected chi connectivity index (χ0v) is 68.0. The van der Waals surface area contributed by atoms with E-state index >= 15 is 0 Å². The molecule has 122 heavy (non-hydrogen) atoms. The van der Waals surface area contributed by atoms with E-state index in [1.165, 1.54) is 115 Å². The molecule has 2 aromatic heterocycles. The molecule has 0 amide bonds. The number of hydrogen-bond donors (Lipinski definition) is 0. The number of hydrogen-bond acceptors (Lipinski definition) is 4. The van der Waals surface area contributed by atoms with Gasteiger partial charge in [-0.2, -0.15) is 0 Å². The molecule has 22 aromatic rings. The van der Waals surface area contributed by atoms with Gasteiger partial charge in [-0.1, -0.05) is 349 Å². The van der Waals surface area contributed by atoms with Gasteiger partial charge in [-0.3, -0.25) is 0 Å². The zero-order valence-electron chi connectivity index (χ0n) is 68.0. The summed E-state index contributed by atoms with van der Waals surface area (Å²) in [7, 11) is 0. The van der Waals surface area contributed by atoms with Crippen molar-refractivity contribution >= 4 is 121 Å². The van der Waals surface area contributed by atoms with Crippen molar-refractivity contribution in [3.8, 4) is 100 Å². The summed E-state index contributed by atoms with van der Waals surface area (Å²) in [6.45, 7) is 9.46. The first-order chi connectivity index (χ1) is 60.0. The molecule has 2 heterocycles. The number of nitrogens with zero attached hydrogens (tertiary/aromatic N) is 2. The molecule has 0 radical (unpaired) electrons. The maximum absolute atomic E-state index is 7.25. The molecular formula is C118H80N2O2. The Balaban J connectivity index is 0.567. The van der Waals surface area contributed by atoms with Crippen LogP contribution < -0.4 is 9.80 Å². The van der Waals surface area contributed by atoms with E-state index in [0.717, 1.165) is 128 Å². The van der Waals surface area contributed by atoms with Crippen molar-refractivity contribution in [1.29, 1.82) is 0 Å². The smallest absolute Gasteiger partial charge is 0.143 e. The Labute approximate surface area is 708 Å². The topological polar surface area (TPSA) is 32.8 Å². The monoisotopic (exact) mass is 1560 g/mol. The van der Waals surface area contributed by atoms with Gasteiger partial charge in [0.25, 0.3) is 0 Å². The maximum Gasteiger partial charge on any atom is 0.143 e. The van der Waals surface area contributed by atoms with Crippen molar-refractivity contribution in [2.45, 2.75) is 38.5 Å². The predicted octanol–water partition coefficient (Wildman–Crippen LogP) is 33.3. The Bertz CT molecular complexity index is 8070. The highest BCUT2D eigenvalue weighted by Crippen LogP contribution is 2.55. The highest BCUT2D eigenvalue weighted by atomic mass is 16.3. The van der Waals surface area contributed by atoms with Gasteiger partial charge in [0.05, 0.1) is 11.4 Å². The second kappa shape index (κ2) is 27.6. The third-order valence-corrected chi connectivity index (χ3v) is 26.7. The second-order valence-electron chi connectivity index (χ2n) is 34.1. The van der Waals surface area contributed by atoms with Crippen molar-refractivity contribution in [3.05, 3.63) is 435 Å². The van der Waals surface area contributed by atoms with Crippen LogP contribution in [0.25, 0.3) is 187 Å². The van der Waals surface area contributed by atoms with Gasteiger partial charge in [0.2, 0.25) is 0 Å². The highest BCUT2D eigenvalue weighted by molar-refractivity contribution is 6.17. The number of rotatable bonds is 13. The lowest BCUT2D eigenvalue weighted by Crippen LogP contribution is -2.16. The highest BCUT2D eigenvalue weighted by Gasteiger charge is 2.39. The first-order valence-corrected chi connectivity index (χ1v) is 42.4. The minimum Gasteiger partial charge on any atom is -0.455 e. The summed E-state index contributed by atoms with van der Waals surface area (Å²) in [5.41, 5.74) is 36.1. The average molecular weight is 1560 g/mol. The fourth-order valence-corrected chi connectivity index (χ4v) is 20.8. The quantitative estimate of drug-likeness (QED) is 0.108. The van der Waals surface area contributed by atoms with Crippen molar-refractivity contribution in [1.82, 2.24) is 0 Å². The van der Waals surface area contributed by atoms with Crippen LogP contribution in [0.2, 0.25) is 0 Å². The Kier molecular flexibility index (Phi) is 16.0. The van der Waals surface area contributed by atoms with Crippen LogP contribution in [0.15, 0.2) is 421 Å². The van der Waals surface area contributed by atoms with E-state index in [9.17, 15) is 0 Å². The third-order valence-electron chi connectivity index (χ3n) is 26.7. The lowest BCUT2D eigenvalue weighted by atomic mass is 9.79. The summed E-state index contributed by atoms with van der Waals surface area (Å²) in [6.07, 6.45) is 0. The molecule has 0 spiro atoms. The van der Waals surface area contributed by atoms with E-state index in [-0.39, 0.29) is 10.8 Å². The van der Waals surface area contributed by atoms with Crippen LogP contribution in [-0.2, 0) is 10.8 Å². The maximum atomic E-state index is 7.25. The Morgan fingerprint density at radius 2 is 0.574 bits per heavy atom. The van der Waals surface area contributed by atoms with Crippen LogP contribution in [0.3, 0.4) is 0 Å². The van der Waals surface area contributed by atoms with Gasteiger partial charge in [-0.15, -0.1) is 0 Å². The number of fused-ring (bicyclic) bond motifs is 18. The molecule has 0 N–H and O–H groups in total. The summed E-state index contributed by atoms with van der Waals surface area (Å²) < 4.78 is 14.0. The van der Waals surface area contributed by atoms with Crippen molar-refractivity contribution < 1.29 is 8.83 Å². The van der Waals surface area contributed by atoms with Gasteiger partial charge in [0.1, 0.15) is 22.3 Å². The van der Waals surface area contributed by atoms with Crippen LogP contribution in [-0.4, -0.2) is 0 Å². The fourth-order valence-electron chi connectivity index (χ4n) is 20.8. The lowest BCUT2D eigenvalue weighted by Gasteiger charge is -2.28. The van der Waals surface area contributed by atoms with E-state index in [1.807, 2.05) is 6.07 Å². The van der Waals surface area contributed by atoms with Crippen LogP contribution in [0, 0.1) is 0 Å². The summed E-state index contributed by atoms with van der Waals surface area (Å²) >= 11 is 0. The van der Waals surface area contributed by atoms with Crippen molar-refractivity contribution in [2.75, 3.05) is 9.80 Å². The zero-order chi connectivity index (χ0) is 81.1. The van der Waals surface area contributed by atoms with Gasteiger partial charge in [0, 0.05) is 77.4 Å². The first kappa shape index (κ1) is 70.8. The standard InChI is InChI=1S/C118H80N2O2/c1-117(2)107-42-12-7-27-95(107)97-67-55-79(71-109(97)117)77-24-17-25-85(70-77)120(111-45-15-10-30-99(111)103-38-21-40-105-100-31-11-16-46-112(100)121-115(103)105)84-60-49-75(50-61-84)88-33-19-36-92-89-64-54-78(69-81(89)57-66-94(88)92)80-56-68-101-106-41-22-39-104(116(106)122-113(101)72-80)98-29-9-14-44-110(98)119(82-58-47-74(48-59-82)87-32-18-35-91-86-26-6-5-23-73(86)53-65-93(87)91)83-62-51-76(52-63-83)90-34-20-37-102-96-28-8-13-43-108(96)118(3,4)114(90)102/h5-72H,1-4H3. The van der Waals surface area contributed by atoms with E-state index in [0.29, 0.717) is 0 Å². The molecule has 0 bridgehead atoms. The molecule has 0 saturated carbocycles. The third kappa shape index (κ3) is 11.1. The number of anilines is 6. The second-order valence-corrected chi connectivity index (χ2v) is 34.1. The van der Waals surface area contributed by atoms with Gasteiger partial charge in [0.15, 0.2) is 0 Å². The lowest BCUT2D eigenvalue weighted by molar-refractivity contribution is 0.660. The van der Waals surface area contributed by atoms with E-state index in [1.54, 1.807) is 0 Å². The van der Waals surface area contributed by atoms with Crippen LogP contribution >= 0.6 is 0 Å². The van der Waals surface area contributed by atoms with Gasteiger partial charge >= 0.3 is 0 Å². The molecule has 20 aromatic carbocycles. The number of para-hydroxylation sites is 5. The molecule has 24 rings (SSSR count). The van der Waals surface area contributed by atoms with Crippen LogP contribution in [0.5, 0.6) is 0 Å². The number of furan rings is 2. The van der Waals surface area contributed by atoms with Gasteiger partial charge < -0.3 is 18.6 Å². The van der Waals surface area contributed by atoms with E-state index in [4.69, 9.17) is 8.83 Å². The Morgan fingerprint density at radius 3 is 1.21 bits per heavy atom. The first-order valence-electron chi connectivity index (χ1n) is 42.4. The molecule has 4 nitrogen and oxygen atoms in total. The Hall–Kier alpha value is -15.4. The minimum atomic E-state index is -0.158. The molecule has 0 fully saturated rings. The largest absolute Gasteiger partial charge is 0.455 e. The molecule has 2 aliphatic carbocycles. The molecule has 4 heteroatoms. The normalized spacial score (nSPS) is 13.0. The summed E-state index contributed by atoms with van der Waals surface area (Å²) in [5, 5.41) is 14.1. The summed E-state index contributed by atoms with van der Waals surface area (Å²) in [5.74, 6) is 0. The summed E-state index contributed by atoms with van der Waals surface area (Å²) in [4.78, 5) is 4.85. The van der Waals surface area contributed by atoms with Crippen molar-refractivity contribution in [2.24, 2.45) is 0 Å². The molecule has 0 unspecified atom stereocenters. The molecule has 574 valence electrons. The van der Waals surface area contributed by atoms with Crippen LogP contribution in [0.4, 0.5) is 34.1 Å². The van der Waals surface area contributed by atoms with E-state index in [2.05, 4.69) is 444 Å². The SMILES string of the molecule is CC1(C)c2ccccc2-c2ccc(-c3cccc(N(c4ccc(-c5cccc6c5ccc5cc(-c7ccc8c(c7)oc7c(-c9ccccc9N(c9ccc(-c%10cccc%11c%10C(C)(C)c%10ccccc%10-%11)cc9)c9ccc(-c%10cccc%11c%10ccc%10ccccc%10%11)cc9)cccc78)ccc56)cc4)c4ccccc4-c4cccc5c4oc4ccccc45)c3)cc21. The summed E-state index contributed by atoms with van der Waals surface area (Å²) in [6, 6.07) is 152. The van der Waals surface area contributed by atoms with E-state index < -0.39 is 0 Å². The van der Waals surface area contributed by atoms with Gasteiger partial charge in [-0.25, -0.2) is 0 Å². The van der Waals surface area contributed by atoms with Crippen molar-refractivity contribution in [3.63, 3.8) is 0 Å². The minimum absolute atomic E-state index is 0.127. The van der Waals surface area contributed by atoms with Gasteiger partial charge in [-0.05, 0) is 234 Å². The molecule has 0 aliphatic heterocycles. The molecule has 2 aliphatic rings.